The van der Waals surface area contributed by atoms with Crippen LogP contribution in [0.25, 0.3) is 0 Å². The van der Waals surface area contributed by atoms with Gasteiger partial charge in [-0.05, 0) is 40.4 Å². The molecule has 1 unspecified atom stereocenters. The molecule has 1 atom stereocenters. The molecule has 0 spiro atoms. The summed E-state index contributed by atoms with van der Waals surface area (Å²) < 4.78 is 68.9. The molecular formula is C19H21F4N3O3S2. The van der Waals surface area contributed by atoms with Crippen molar-refractivity contribution in [1.29, 1.82) is 0 Å². The third kappa shape index (κ3) is 4.74. The summed E-state index contributed by atoms with van der Waals surface area (Å²) in [6.45, 7) is 0.667. The minimum atomic E-state index is -4.65. The zero-order valence-electron chi connectivity index (χ0n) is 16.4. The Morgan fingerprint density at radius 2 is 1.97 bits per heavy atom. The molecule has 0 N–H and O–H groups in total. The van der Waals surface area contributed by atoms with Crippen molar-refractivity contribution >= 4 is 38.5 Å². The number of amides is 1. The van der Waals surface area contributed by atoms with Crippen LogP contribution in [-0.2, 0) is 20.5 Å². The molecule has 0 radical (unpaired) electrons. The summed E-state index contributed by atoms with van der Waals surface area (Å²) in [5.41, 5.74) is 0. The number of thiophene rings is 1. The quantitative estimate of drug-likeness (QED) is 0.499. The maximum atomic E-state index is 13.7. The Morgan fingerprint density at radius 3 is 2.55 bits per heavy atom. The zero-order chi connectivity index (χ0) is 22.4. The number of anilines is 1. The number of nitrogens with zero attached hydrogens (tertiary/aromatic N) is 3. The van der Waals surface area contributed by atoms with Gasteiger partial charge in [-0.15, -0.1) is 11.3 Å². The van der Waals surface area contributed by atoms with Crippen LogP contribution in [0.5, 0.6) is 0 Å². The average Bonchev–Trinajstić information content (AvgIpc) is 3.36. The fourth-order valence-electron chi connectivity index (χ4n) is 4.00. The molecule has 4 rings (SSSR count). The fraction of sp³-hybridized carbons (Fsp3) is 0.526. The summed E-state index contributed by atoms with van der Waals surface area (Å²) in [6, 6.07) is 3.18. The first-order chi connectivity index (χ1) is 14.5. The van der Waals surface area contributed by atoms with Gasteiger partial charge in [-0.1, -0.05) is 5.16 Å². The third-order valence-electron chi connectivity index (χ3n) is 5.71. The molecule has 0 bridgehead atoms. The summed E-state index contributed by atoms with van der Waals surface area (Å²) >= 11 is 0.902. The lowest BCUT2D eigenvalue weighted by Gasteiger charge is -2.43. The number of hydrogen-bond acceptors (Lipinski definition) is 6. The lowest BCUT2D eigenvalue weighted by atomic mass is 9.98. The molecule has 2 saturated heterocycles. The second-order valence-electron chi connectivity index (χ2n) is 7.83. The summed E-state index contributed by atoms with van der Waals surface area (Å²) in [5.74, 6) is 2.93. The van der Waals surface area contributed by atoms with Crippen LogP contribution in [0, 0.1) is 11.0 Å². The molecule has 2 aliphatic heterocycles. The van der Waals surface area contributed by atoms with Gasteiger partial charge in [-0.2, -0.15) is 17.6 Å². The summed E-state index contributed by atoms with van der Waals surface area (Å²) in [7, 11) is -2.13. The van der Waals surface area contributed by atoms with Crippen molar-refractivity contribution in [3.8, 4) is 0 Å². The van der Waals surface area contributed by atoms with Crippen molar-refractivity contribution in [1.82, 2.24) is 10.1 Å². The molecule has 2 fully saturated rings. The molecule has 0 aliphatic carbocycles. The second kappa shape index (κ2) is 8.12. The number of rotatable bonds is 3. The highest BCUT2D eigenvalue weighted by Crippen LogP contribution is 2.36. The van der Waals surface area contributed by atoms with Crippen molar-refractivity contribution in [2.24, 2.45) is 5.92 Å². The summed E-state index contributed by atoms with van der Waals surface area (Å²) in [5, 5.41) is 3.13. The monoisotopic (exact) mass is 479 g/mol. The van der Waals surface area contributed by atoms with Gasteiger partial charge < -0.3 is 14.3 Å². The van der Waals surface area contributed by atoms with Crippen molar-refractivity contribution in [2.45, 2.75) is 25.1 Å². The van der Waals surface area contributed by atoms with Crippen LogP contribution in [-0.4, -0.2) is 57.2 Å². The van der Waals surface area contributed by atoms with Crippen molar-refractivity contribution in [2.75, 3.05) is 36.0 Å². The van der Waals surface area contributed by atoms with Gasteiger partial charge in [0.25, 0.3) is 0 Å². The minimum Gasteiger partial charge on any atom is -0.350 e. The number of hydrogen-bond donors (Lipinski definition) is 0. The van der Waals surface area contributed by atoms with Crippen LogP contribution in [0.2, 0.25) is 0 Å². The molecule has 6 nitrogen and oxygen atoms in total. The molecule has 0 saturated carbocycles. The SMILES string of the molecule is C=S1(=O)CCC(C(=O)N2CCN(c3cc(C(F)(F)F)on3)CC2c2ccc(F)s2)CC1. The molecule has 0 aromatic carbocycles. The molecular weight excluding hydrogens is 458 g/mol. The maximum Gasteiger partial charge on any atom is 0.452 e. The normalized spacial score (nSPS) is 27.5. The molecule has 2 aromatic heterocycles. The Hall–Kier alpha value is -2.08. The molecule has 2 aromatic rings. The zero-order valence-corrected chi connectivity index (χ0v) is 18.1. The lowest BCUT2D eigenvalue weighted by Crippen LogP contribution is -2.52. The Morgan fingerprint density at radius 1 is 1.26 bits per heavy atom. The Labute approximate surface area is 180 Å². The highest BCUT2D eigenvalue weighted by molar-refractivity contribution is 8.00. The number of halogens is 4. The van der Waals surface area contributed by atoms with E-state index >= 15 is 0 Å². The molecule has 12 heteroatoms. The van der Waals surface area contributed by atoms with E-state index in [0.29, 0.717) is 29.2 Å². The average molecular weight is 480 g/mol. The van der Waals surface area contributed by atoms with Gasteiger partial charge in [0, 0.05) is 48.0 Å². The standard InChI is InChI=1S/C19H21F4N3O3S2/c1-31(28)8-4-12(5-9-31)18(27)26-7-6-25(11-13(26)14-2-3-16(20)30-14)17-10-15(29-24-17)19(21,22)23/h2-3,10,12-13H,1,4-9,11H2. The summed E-state index contributed by atoms with van der Waals surface area (Å²) in [4.78, 5) is 17.1. The van der Waals surface area contributed by atoms with Crippen LogP contribution >= 0.6 is 11.3 Å². The molecule has 4 heterocycles. The first-order valence-corrected chi connectivity index (χ1v) is 12.6. The number of piperazine rings is 1. The second-order valence-corrected chi connectivity index (χ2v) is 11.6. The Bertz CT molecular complexity index is 1050. The Balaban J connectivity index is 1.56. The van der Waals surface area contributed by atoms with Crippen molar-refractivity contribution in [3.63, 3.8) is 0 Å². The smallest absolute Gasteiger partial charge is 0.350 e. The predicted molar refractivity (Wildman–Crippen MR) is 110 cm³/mol. The fourth-order valence-corrected chi connectivity index (χ4v) is 6.46. The van der Waals surface area contributed by atoms with Gasteiger partial charge in [0.15, 0.2) is 10.9 Å². The van der Waals surface area contributed by atoms with Crippen LogP contribution in [0.15, 0.2) is 22.7 Å². The molecule has 170 valence electrons. The van der Waals surface area contributed by atoms with Crippen molar-refractivity contribution < 1.29 is 31.1 Å². The van der Waals surface area contributed by atoms with E-state index in [9.17, 15) is 26.6 Å². The molecule has 1 amide bonds. The van der Waals surface area contributed by atoms with Gasteiger partial charge in [0.1, 0.15) is 0 Å². The minimum absolute atomic E-state index is 0.0240. The van der Waals surface area contributed by atoms with E-state index < -0.39 is 32.6 Å². The van der Waals surface area contributed by atoms with E-state index in [1.54, 1.807) is 15.9 Å². The van der Waals surface area contributed by atoms with Crippen LogP contribution in [0.3, 0.4) is 0 Å². The van der Waals surface area contributed by atoms with Crippen LogP contribution in [0.1, 0.15) is 29.5 Å². The highest BCUT2D eigenvalue weighted by Gasteiger charge is 2.40. The van der Waals surface area contributed by atoms with E-state index in [4.69, 9.17) is 0 Å². The Kier molecular flexibility index (Phi) is 5.80. The van der Waals surface area contributed by atoms with E-state index in [2.05, 4.69) is 15.6 Å². The van der Waals surface area contributed by atoms with Gasteiger partial charge in [-0.3, -0.25) is 9.00 Å². The molecule has 2 aliphatic rings. The predicted octanol–water partition coefficient (Wildman–Crippen LogP) is 3.41. The van der Waals surface area contributed by atoms with Crippen molar-refractivity contribution in [3.05, 3.63) is 34.0 Å². The largest absolute Gasteiger partial charge is 0.452 e. The first kappa shape index (κ1) is 22.1. The maximum absolute atomic E-state index is 13.7. The van der Waals surface area contributed by atoms with E-state index in [0.717, 1.165) is 17.4 Å². The third-order valence-corrected chi connectivity index (χ3v) is 8.65. The van der Waals surface area contributed by atoms with Crippen LogP contribution < -0.4 is 4.90 Å². The van der Waals surface area contributed by atoms with Crippen LogP contribution in [0.4, 0.5) is 23.4 Å². The highest BCUT2D eigenvalue weighted by atomic mass is 32.2. The van der Waals surface area contributed by atoms with E-state index in [1.165, 1.54) is 6.07 Å². The van der Waals surface area contributed by atoms with Gasteiger partial charge in [0.2, 0.25) is 11.7 Å². The number of aromatic nitrogens is 1. The van der Waals surface area contributed by atoms with Gasteiger partial charge in [0.05, 0.1) is 6.04 Å². The topological polar surface area (TPSA) is 66.7 Å². The van der Waals surface area contributed by atoms with E-state index in [-0.39, 0.29) is 37.3 Å². The van der Waals surface area contributed by atoms with E-state index in [1.807, 2.05) is 0 Å². The van der Waals surface area contributed by atoms with Gasteiger partial charge >= 0.3 is 6.18 Å². The summed E-state index contributed by atoms with van der Waals surface area (Å²) in [6.07, 6.45) is -3.69. The first-order valence-electron chi connectivity index (χ1n) is 9.71. The van der Waals surface area contributed by atoms with Gasteiger partial charge in [-0.25, -0.2) is 0 Å². The number of carbonyl (C=O) groups excluding carboxylic acids is 1. The number of alkyl halides is 3. The lowest BCUT2D eigenvalue weighted by molar-refractivity contribution is -0.155. The molecule has 31 heavy (non-hydrogen) atoms. The number of carbonyl (C=O) groups is 1.